The highest BCUT2D eigenvalue weighted by Crippen LogP contribution is 2.24. The number of nitrogen functional groups attached to an aromatic ring is 1. The Kier molecular flexibility index (Phi) is 5.98. The number of carbonyl (C=O) groups excluding carboxylic acids is 1. The van der Waals surface area contributed by atoms with Gasteiger partial charge in [0.25, 0.3) is 5.91 Å². The number of rotatable bonds is 6. The molecule has 0 radical (unpaired) electrons. The molecule has 3 aromatic rings. The Morgan fingerprint density at radius 3 is 2.74 bits per heavy atom. The number of benzene rings is 2. The van der Waals surface area contributed by atoms with E-state index in [0.717, 1.165) is 15.6 Å². The van der Waals surface area contributed by atoms with Crippen LogP contribution in [0.2, 0.25) is 5.02 Å². The highest BCUT2D eigenvalue weighted by molar-refractivity contribution is 9.10. The average Bonchev–Trinajstić information content (AvgIpc) is 3.02. The van der Waals surface area contributed by atoms with E-state index in [1.54, 1.807) is 19.2 Å². The molecule has 9 heteroatoms. The number of aromatic nitrogens is 3. The van der Waals surface area contributed by atoms with Gasteiger partial charge in [-0.15, -0.1) is 5.10 Å². The van der Waals surface area contributed by atoms with Gasteiger partial charge in [0.1, 0.15) is 5.75 Å². The lowest BCUT2D eigenvalue weighted by molar-refractivity contribution is 0.0946. The molecule has 0 aliphatic rings. The van der Waals surface area contributed by atoms with E-state index < -0.39 is 5.91 Å². The SMILES string of the molecule is COc1ccc(Br)cc1Cn1nnc(C(=O)NCc2ccc(Cl)cc2)c1N. The minimum Gasteiger partial charge on any atom is -0.496 e. The highest BCUT2D eigenvalue weighted by atomic mass is 79.9. The molecule has 0 saturated heterocycles. The summed E-state index contributed by atoms with van der Waals surface area (Å²) in [5.74, 6) is 0.488. The number of nitrogens with two attached hydrogens (primary N) is 1. The average molecular weight is 451 g/mol. The van der Waals surface area contributed by atoms with Gasteiger partial charge in [0, 0.05) is 21.6 Å². The maximum atomic E-state index is 12.4. The van der Waals surface area contributed by atoms with Crippen molar-refractivity contribution in [1.29, 1.82) is 0 Å². The second-order valence-electron chi connectivity index (χ2n) is 5.75. The van der Waals surface area contributed by atoms with Crippen LogP contribution in [0.4, 0.5) is 5.82 Å². The first kappa shape index (κ1) is 19.2. The van der Waals surface area contributed by atoms with Crippen LogP contribution >= 0.6 is 27.5 Å². The Morgan fingerprint density at radius 1 is 1.30 bits per heavy atom. The quantitative estimate of drug-likeness (QED) is 0.601. The van der Waals surface area contributed by atoms with Gasteiger partial charge in [0.2, 0.25) is 0 Å². The molecular weight excluding hydrogens is 434 g/mol. The van der Waals surface area contributed by atoms with Crippen molar-refractivity contribution in [3.05, 3.63) is 68.8 Å². The number of anilines is 1. The number of hydrogen-bond acceptors (Lipinski definition) is 5. The summed E-state index contributed by atoms with van der Waals surface area (Å²) >= 11 is 9.28. The predicted octanol–water partition coefficient (Wildman–Crippen LogP) is 3.26. The Hall–Kier alpha value is -2.58. The summed E-state index contributed by atoms with van der Waals surface area (Å²) in [7, 11) is 1.59. The molecule has 27 heavy (non-hydrogen) atoms. The van der Waals surface area contributed by atoms with Crippen molar-refractivity contribution in [2.75, 3.05) is 12.8 Å². The number of methoxy groups -OCH3 is 1. The third-order valence-electron chi connectivity index (χ3n) is 3.92. The lowest BCUT2D eigenvalue weighted by Gasteiger charge is -2.10. The first-order valence-electron chi connectivity index (χ1n) is 8.02. The number of nitrogens with one attached hydrogen (secondary N) is 1. The summed E-state index contributed by atoms with van der Waals surface area (Å²) < 4.78 is 7.71. The zero-order chi connectivity index (χ0) is 19.4. The second-order valence-corrected chi connectivity index (χ2v) is 7.10. The van der Waals surface area contributed by atoms with E-state index in [1.165, 1.54) is 4.68 Å². The van der Waals surface area contributed by atoms with Crippen molar-refractivity contribution >= 4 is 39.3 Å². The summed E-state index contributed by atoms with van der Waals surface area (Å²) in [4.78, 5) is 12.4. The molecule has 140 valence electrons. The molecule has 3 N–H and O–H groups in total. The molecule has 0 bridgehead atoms. The topological polar surface area (TPSA) is 95.1 Å². The summed E-state index contributed by atoms with van der Waals surface area (Å²) in [6.07, 6.45) is 0. The monoisotopic (exact) mass is 449 g/mol. The number of carbonyl (C=O) groups is 1. The fourth-order valence-electron chi connectivity index (χ4n) is 2.50. The second kappa shape index (κ2) is 8.41. The molecule has 0 atom stereocenters. The van der Waals surface area contributed by atoms with Gasteiger partial charge in [-0.2, -0.15) is 0 Å². The van der Waals surface area contributed by atoms with Crippen molar-refractivity contribution < 1.29 is 9.53 Å². The standard InChI is InChI=1S/C18H17BrClN5O2/c1-27-15-7-4-13(19)8-12(15)10-25-17(21)16(23-24-25)18(26)22-9-11-2-5-14(20)6-3-11/h2-8H,9-10,21H2,1H3,(H,22,26). The Bertz CT molecular complexity index is 959. The lowest BCUT2D eigenvalue weighted by Crippen LogP contribution is -2.24. The molecule has 7 nitrogen and oxygen atoms in total. The molecule has 1 aromatic heterocycles. The summed E-state index contributed by atoms with van der Waals surface area (Å²) in [5, 5.41) is 11.3. The van der Waals surface area contributed by atoms with Gasteiger partial charge in [-0.05, 0) is 35.9 Å². The number of halogens is 2. The predicted molar refractivity (Wildman–Crippen MR) is 107 cm³/mol. The zero-order valence-electron chi connectivity index (χ0n) is 14.4. The number of hydrogen-bond donors (Lipinski definition) is 2. The van der Waals surface area contributed by atoms with E-state index in [0.29, 0.717) is 23.9 Å². The van der Waals surface area contributed by atoms with Crippen molar-refractivity contribution in [3.63, 3.8) is 0 Å². The molecule has 0 aliphatic heterocycles. The lowest BCUT2D eigenvalue weighted by atomic mass is 10.2. The van der Waals surface area contributed by atoms with Crippen molar-refractivity contribution in [3.8, 4) is 5.75 Å². The first-order chi connectivity index (χ1) is 13.0. The summed E-state index contributed by atoms with van der Waals surface area (Å²) in [5.41, 5.74) is 7.93. The first-order valence-corrected chi connectivity index (χ1v) is 9.19. The Labute approximate surface area is 169 Å². The van der Waals surface area contributed by atoms with Crippen LogP contribution in [-0.4, -0.2) is 28.0 Å². The molecule has 0 unspecified atom stereocenters. The molecule has 3 rings (SSSR count). The van der Waals surface area contributed by atoms with Crippen LogP contribution in [0.25, 0.3) is 0 Å². The Balaban J connectivity index is 1.72. The molecule has 0 spiro atoms. The fraction of sp³-hybridized carbons (Fsp3) is 0.167. The smallest absolute Gasteiger partial charge is 0.275 e. The third kappa shape index (κ3) is 4.58. The van der Waals surface area contributed by atoms with Crippen molar-refractivity contribution in [2.45, 2.75) is 13.1 Å². The number of nitrogens with zero attached hydrogens (tertiary/aromatic N) is 3. The van der Waals surface area contributed by atoms with Crippen LogP contribution in [0.15, 0.2) is 46.9 Å². The van der Waals surface area contributed by atoms with Gasteiger partial charge in [-0.3, -0.25) is 4.79 Å². The van der Waals surface area contributed by atoms with Gasteiger partial charge in [0.05, 0.1) is 13.7 Å². The van der Waals surface area contributed by atoms with Crippen LogP contribution in [-0.2, 0) is 13.1 Å². The van der Waals surface area contributed by atoms with Crippen molar-refractivity contribution in [1.82, 2.24) is 20.3 Å². The van der Waals surface area contributed by atoms with E-state index in [-0.39, 0.29) is 11.5 Å². The Morgan fingerprint density at radius 2 is 2.04 bits per heavy atom. The maximum absolute atomic E-state index is 12.4. The molecule has 2 aromatic carbocycles. The zero-order valence-corrected chi connectivity index (χ0v) is 16.8. The number of amides is 1. The minimum atomic E-state index is -0.394. The van der Waals surface area contributed by atoms with E-state index in [4.69, 9.17) is 22.1 Å². The van der Waals surface area contributed by atoms with Crippen LogP contribution in [0.1, 0.15) is 21.6 Å². The van der Waals surface area contributed by atoms with Crippen LogP contribution in [0.5, 0.6) is 5.75 Å². The molecular formula is C18H17BrClN5O2. The third-order valence-corrected chi connectivity index (χ3v) is 4.66. The molecule has 1 heterocycles. The fourth-order valence-corrected chi connectivity index (χ4v) is 3.03. The molecule has 0 aliphatic carbocycles. The van der Waals surface area contributed by atoms with E-state index >= 15 is 0 Å². The van der Waals surface area contributed by atoms with Crippen molar-refractivity contribution in [2.24, 2.45) is 0 Å². The summed E-state index contributed by atoms with van der Waals surface area (Å²) in [6, 6.07) is 12.8. The summed E-state index contributed by atoms with van der Waals surface area (Å²) in [6.45, 7) is 0.660. The molecule has 0 saturated carbocycles. The minimum absolute atomic E-state index is 0.0814. The molecule has 0 fully saturated rings. The van der Waals surface area contributed by atoms with Gasteiger partial charge in [-0.25, -0.2) is 4.68 Å². The van der Waals surface area contributed by atoms with E-state index in [1.807, 2.05) is 30.3 Å². The van der Waals surface area contributed by atoms with E-state index in [9.17, 15) is 4.79 Å². The van der Waals surface area contributed by atoms with Gasteiger partial charge < -0.3 is 15.8 Å². The van der Waals surface area contributed by atoms with Gasteiger partial charge in [0.15, 0.2) is 11.5 Å². The number of ether oxygens (including phenoxy) is 1. The van der Waals surface area contributed by atoms with Crippen LogP contribution in [0, 0.1) is 0 Å². The molecule has 1 amide bonds. The van der Waals surface area contributed by atoms with Gasteiger partial charge >= 0.3 is 0 Å². The largest absolute Gasteiger partial charge is 0.496 e. The maximum Gasteiger partial charge on any atom is 0.275 e. The van der Waals surface area contributed by atoms with Crippen LogP contribution in [0.3, 0.4) is 0 Å². The van der Waals surface area contributed by atoms with Crippen LogP contribution < -0.4 is 15.8 Å². The van der Waals surface area contributed by atoms with Gasteiger partial charge in [-0.1, -0.05) is 44.9 Å². The van der Waals surface area contributed by atoms with E-state index in [2.05, 4.69) is 31.6 Å². The highest BCUT2D eigenvalue weighted by Gasteiger charge is 2.18. The normalized spacial score (nSPS) is 10.6.